The van der Waals surface area contributed by atoms with Gasteiger partial charge in [-0.2, -0.15) is 0 Å². The Kier molecular flexibility index (Phi) is 4.21. The van der Waals surface area contributed by atoms with Gasteiger partial charge in [0.15, 0.2) is 0 Å². The lowest BCUT2D eigenvalue weighted by atomic mass is 9.86. The van der Waals surface area contributed by atoms with E-state index in [2.05, 4.69) is 75.4 Å². The summed E-state index contributed by atoms with van der Waals surface area (Å²) in [5.74, 6) is 0. The Bertz CT molecular complexity index is 931. The van der Waals surface area contributed by atoms with Gasteiger partial charge >= 0.3 is 0 Å². The van der Waals surface area contributed by atoms with Gasteiger partial charge in [0.2, 0.25) is 0 Å². The molecule has 0 saturated carbocycles. The maximum Gasteiger partial charge on any atom is -0.000728 e. The summed E-state index contributed by atoms with van der Waals surface area (Å²) >= 11 is 0. The lowest BCUT2D eigenvalue weighted by molar-refractivity contribution is 0.983. The average Bonchev–Trinajstić information content (AvgIpc) is 3.05. The minimum absolute atomic E-state index is 1.06. The van der Waals surface area contributed by atoms with Crippen LogP contribution < -0.4 is 0 Å². The summed E-state index contributed by atoms with van der Waals surface area (Å²) in [5.41, 5.74) is 13.3. The quantitative estimate of drug-likeness (QED) is 0.396. The number of fused-ring (bicyclic) bond motifs is 3. The van der Waals surface area contributed by atoms with Crippen LogP contribution in [0.4, 0.5) is 0 Å². The molecule has 0 heteroatoms. The maximum absolute atomic E-state index is 2.37. The van der Waals surface area contributed by atoms with Crippen LogP contribution in [0.2, 0.25) is 0 Å². The minimum atomic E-state index is 1.06. The van der Waals surface area contributed by atoms with E-state index in [0.29, 0.717) is 0 Å². The highest BCUT2D eigenvalue weighted by Gasteiger charge is 2.22. The predicted molar refractivity (Wildman–Crippen MR) is 108 cm³/mol. The highest BCUT2D eigenvalue weighted by molar-refractivity contribution is 5.86. The second-order valence-corrected chi connectivity index (χ2v) is 6.96. The van der Waals surface area contributed by atoms with E-state index in [1.807, 2.05) is 0 Å². The smallest absolute Gasteiger partial charge is 0.000728 e. The van der Waals surface area contributed by atoms with Gasteiger partial charge < -0.3 is 0 Å². The lowest BCUT2D eigenvalue weighted by Gasteiger charge is -2.19. The highest BCUT2D eigenvalue weighted by atomic mass is 14.3. The van der Waals surface area contributed by atoms with Crippen molar-refractivity contribution in [3.8, 4) is 22.3 Å². The minimum Gasteiger partial charge on any atom is -0.0619 e. The van der Waals surface area contributed by atoms with E-state index in [4.69, 9.17) is 0 Å². The molecule has 1 aliphatic rings. The standard InChI is InChI=1S/C25H26/c1-4-17-14-15-24(20(6-3)19(17)5-2)23-13-9-12-22-21-11-8-7-10-18(21)16-25(22)23/h7-15H,4-6,16H2,1-3H3. The van der Waals surface area contributed by atoms with E-state index in [1.54, 1.807) is 11.1 Å². The van der Waals surface area contributed by atoms with E-state index in [1.165, 1.54) is 38.9 Å². The molecule has 0 saturated heterocycles. The topological polar surface area (TPSA) is 0 Å². The molecule has 0 aliphatic heterocycles. The first kappa shape index (κ1) is 16.1. The normalized spacial score (nSPS) is 12.1. The molecule has 4 rings (SSSR count). The summed E-state index contributed by atoms with van der Waals surface area (Å²) < 4.78 is 0. The van der Waals surface area contributed by atoms with Crippen LogP contribution in [-0.4, -0.2) is 0 Å². The first-order valence-electron chi connectivity index (χ1n) is 9.62. The Morgan fingerprint density at radius 3 is 2.00 bits per heavy atom. The van der Waals surface area contributed by atoms with Crippen molar-refractivity contribution >= 4 is 0 Å². The van der Waals surface area contributed by atoms with E-state index in [-0.39, 0.29) is 0 Å². The molecule has 25 heavy (non-hydrogen) atoms. The number of hydrogen-bond donors (Lipinski definition) is 0. The van der Waals surface area contributed by atoms with Gasteiger partial charge in [-0.15, -0.1) is 0 Å². The molecule has 3 aromatic carbocycles. The molecule has 0 unspecified atom stereocenters. The van der Waals surface area contributed by atoms with Crippen LogP contribution >= 0.6 is 0 Å². The molecule has 1 aliphatic carbocycles. The fourth-order valence-electron chi connectivity index (χ4n) is 4.58. The summed E-state index contributed by atoms with van der Waals surface area (Å²) in [4.78, 5) is 0. The van der Waals surface area contributed by atoms with Crippen molar-refractivity contribution in [1.29, 1.82) is 0 Å². The first-order valence-corrected chi connectivity index (χ1v) is 9.62. The van der Waals surface area contributed by atoms with Gasteiger partial charge in [-0.1, -0.05) is 75.4 Å². The molecule has 126 valence electrons. The van der Waals surface area contributed by atoms with Crippen LogP contribution in [0.5, 0.6) is 0 Å². The van der Waals surface area contributed by atoms with Crippen molar-refractivity contribution in [3.05, 3.63) is 82.4 Å². The van der Waals surface area contributed by atoms with Crippen LogP contribution in [-0.2, 0) is 25.7 Å². The van der Waals surface area contributed by atoms with Crippen molar-refractivity contribution < 1.29 is 0 Å². The third-order valence-electron chi connectivity index (χ3n) is 5.76. The zero-order valence-electron chi connectivity index (χ0n) is 15.5. The van der Waals surface area contributed by atoms with Crippen molar-refractivity contribution in [1.82, 2.24) is 0 Å². The molecule has 0 nitrogen and oxygen atoms in total. The number of aryl methyl sites for hydroxylation is 1. The molecular weight excluding hydrogens is 300 g/mol. The van der Waals surface area contributed by atoms with E-state index in [0.717, 1.165) is 25.7 Å². The van der Waals surface area contributed by atoms with Crippen LogP contribution in [0.15, 0.2) is 54.6 Å². The van der Waals surface area contributed by atoms with Crippen LogP contribution in [0, 0.1) is 0 Å². The molecule has 0 heterocycles. The van der Waals surface area contributed by atoms with E-state index in [9.17, 15) is 0 Å². The van der Waals surface area contributed by atoms with Crippen LogP contribution in [0.3, 0.4) is 0 Å². The zero-order valence-corrected chi connectivity index (χ0v) is 15.5. The Labute approximate surface area is 151 Å². The van der Waals surface area contributed by atoms with Gasteiger partial charge in [0.25, 0.3) is 0 Å². The van der Waals surface area contributed by atoms with Gasteiger partial charge in [0.05, 0.1) is 0 Å². The Morgan fingerprint density at radius 1 is 0.600 bits per heavy atom. The second kappa shape index (κ2) is 6.52. The Balaban J connectivity index is 1.94. The molecule has 0 fully saturated rings. The van der Waals surface area contributed by atoms with Crippen molar-refractivity contribution in [2.75, 3.05) is 0 Å². The van der Waals surface area contributed by atoms with Crippen molar-refractivity contribution in [2.45, 2.75) is 46.5 Å². The summed E-state index contributed by atoms with van der Waals surface area (Å²) in [6.07, 6.45) is 4.40. The monoisotopic (exact) mass is 326 g/mol. The summed E-state index contributed by atoms with van der Waals surface area (Å²) in [7, 11) is 0. The van der Waals surface area contributed by atoms with Gasteiger partial charge in [-0.05, 0) is 75.8 Å². The number of rotatable bonds is 4. The highest BCUT2D eigenvalue weighted by Crippen LogP contribution is 2.42. The number of benzene rings is 3. The summed E-state index contributed by atoms with van der Waals surface area (Å²) in [6.45, 7) is 6.86. The molecule has 0 amide bonds. The third kappa shape index (κ3) is 2.52. The fraction of sp³-hybridized carbons (Fsp3) is 0.280. The van der Waals surface area contributed by atoms with Gasteiger partial charge in [0, 0.05) is 0 Å². The van der Waals surface area contributed by atoms with Gasteiger partial charge in [0.1, 0.15) is 0 Å². The van der Waals surface area contributed by atoms with E-state index >= 15 is 0 Å². The molecule has 0 aromatic heterocycles. The molecule has 0 bridgehead atoms. The van der Waals surface area contributed by atoms with Gasteiger partial charge in [-0.3, -0.25) is 0 Å². The van der Waals surface area contributed by atoms with Crippen molar-refractivity contribution in [2.24, 2.45) is 0 Å². The van der Waals surface area contributed by atoms with Gasteiger partial charge in [-0.25, -0.2) is 0 Å². The molecule has 3 aromatic rings. The second-order valence-electron chi connectivity index (χ2n) is 6.96. The van der Waals surface area contributed by atoms with E-state index < -0.39 is 0 Å². The van der Waals surface area contributed by atoms with Crippen LogP contribution in [0.1, 0.15) is 48.6 Å². The zero-order chi connectivity index (χ0) is 17.4. The number of hydrogen-bond acceptors (Lipinski definition) is 0. The predicted octanol–water partition coefficient (Wildman–Crippen LogP) is 6.61. The first-order chi connectivity index (χ1) is 12.3. The SMILES string of the molecule is CCc1ccc(-c2cccc3c2Cc2ccccc2-3)c(CC)c1CC. The summed E-state index contributed by atoms with van der Waals surface area (Å²) in [6, 6.07) is 20.4. The lowest BCUT2D eigenvalue weighted by Crippen LogP contribution is -2.01. The molecular formula is C25H26. The van der Waals surface area contributed by atoms with Crippen molar-refractivity contribution in [3.63, 3.8) is 0 Å². The molecule has 0 spiro atoms. The Morgan fingerprint density at radius 2 is 1.28 bits per heavy atom. The molecule has 0 atom stereocenters. The Hall–Kier alpha value is -2.34. The molecule has 0 N–H and O–H groups in total. The summed E-state index contributed by atoms with van der Waals surface area (Å²) in [5, 5.41) is 0. The molecule has 0 radical (unpaired) electrons. The fourth-order valence-corrected chi connectivity index (χ4v) is 4.58. The average molecular weight is 326 g/mol. The largest absolute Gasteiger partial charge is 0.0619 e. The van der Waals surface area contributed by atoms with Crippen LogP contribution in [0.25, 0.3) is 22.3 Å². The third-order valence-corrected chi connectivity index (χ3v) is 5.76. The maximum atomic E-state index is 2.37.